The second-order valence-electron chi connectivity index (χ2n) is 9.29. The van der Waals surface area contributed by atoms with Crippen molar-refractivity contribution in [1.82, 2.24) is 14.7 Å². The molecule has 0 bridgehead atoms. The summed E-state index contributed by atoms with van der Waals surface area (Å²) in [5.41, 5.74) is 4.14. The Morgan fingerprint density at radius 3 is 2.39 bits per heavy atom. The standard InChI is InChI=1S/C30H31N3O3/c1-36-26-14-8-13-25(19-26)28-27(21-33(31-28)20-22-9-4-2-5-10-22)30(35)32-17-15-24(16-18-32)29(34)23-11-6-3-7-12-23/h2-14,19,21,24,29,34H,15-18,20H2,1H3/t29-/m1/s1. The first kappa shape index (κ1) is 23.8. The third-order valence-corrected chi connectivity index (χ3v) is 6.94. The quantitative estimate of drug-likeness (QED) is 0.394. The molecule has 0 saturated carbocycles. The molecule has 0 spiro atoms. The fraction of sp³-hybridized carbons (Fsp3) is 0.267. The molecular weight excluding hydrogens is 450 g/mol. The van der Waals surface area contributed by atoms with Crippen molar-refractivity contribution in [2.45, 2.75) is 25.5 Å². The lowest BCUT2D eigenvalue weighted by Crippen LogP contribution is -2.39. The fourth-order valence-corrected chi connectivity index (χ4v) is 4.92. The summed E-state index contributed by atoms with van der Waals surface area (Å²) < 4.78 is 7.25. The van der Waals surface area contributed by atoms with Crippen molar-refractivity contribution in [3.8, 4) is 17.0 Å². The number of aliphatic hydroxyl groups is 1. The van der Waals surface area contributed by atoms with Gasteiger partial charge in [-0.1, -0.05) is 72.8 Å². The number of aromatic nitrogens is 2. The van der Waals surface area contributed by atoms with Gasteiger partial charge < -0.3 is 14.7 Å². The Morgan fingerprint density at radius 1 is 1.00 bits per heavy atom. The van der Waals surface area contributed by atoms with E-state index in [0.29, 0.717) is 30.9 Å². The van der Waals surface area contributed by atoms with Gasteiger partial charge in [-0.2, -0.15) is 5.10 Å². The van der Waals surface area contributed by atoms with Gasteiger partial charge >= 0.3 is 0 Å². The molecule has 6 nitrogen and oxygen atoms in total. The first-order valence-corrected chi connectivity index (χ1v) is 12.4. The van der Waals surface area contributed by atoms with Crippen LogP contribution in [0.15, 0.2) is 91.1 Å². The molecule has 36 heavy (non-hydrogen) atoms. The van der Waals surface area contributed by atoms with E-state index in [4.69, 9.17) is 9.84 Å². The molecule has 1 atom stereocenters. The molecule has 0 aliphatic carbocycles. The van der Waals surface area contributed by atoms with E-state index in [-0.39, 0.29) is 11.8 Å². The molecule has 5 rings (SSSR count). The van der Waals surface area contributed by atoms with Gasteiger partial charge in [0.25, 0.3) is 5.91 Å². The van der Waals surface area contributed by atoms with Crippen LogP contribution >= 0.6 is 0 Å². The van der Waals surface area contributed by atoms with Crippen molar-refractivity contribution >= 4 is 5.91 Å². The Kier molecular flexibility index (Phi) is 7.14. The van der Waals surface area contributed by atoms with Crippen molar-refractivity contribution in [1.29, 1.82) is 0 Å². The van der Waals surface area contributed by atoms with Gasteiger partial charge in [-0.3, -0.25) is 9.48 Å². The van der Waals surface area contributed by atoms with Gasteiger partial charge in [0.15, 0.2) is 0 Å². The Hall–Kier alpha value is -3.90. The first-order valence-electron chi connectivity index (χ1n) is 12.4. The molecule has 184 valence electrons. The monoisotopic (exact) mass is 481 g/mol. The van der Waals surface area contributed by atoms with Crippen LogP contribution in [-0.2, 0) is 6.54 Å². The van der Waals surface area contributed by atoms with Crippen molar-refractivity contribution in [3.05, 3.63) is 108 Å². The Morgan fingerprint density at radius 2 is 1.69 bits per heavy atom. The molecule has 2 heterocycles. The van der Waals surface area contributed by atoms with E-state index in [1.807, 2.05) is 88.6 Å². The van der Waals surface area contributed by atoms with Crippen LogP contribution in [0.3, 0.4) is 0 Å². The van der Waals surface area contributed by atoms with Crippen LogP contribution in [0.1, 0.15) is 40.4 Å². The maximum Gasteiger partial charge on any atom is 0.257 e. The number of ether oxygens (including phenoxy) is 1. The molecule has 1 amide bonds. The smallest absolute Gasteiger partial charge is 0.257 e. The van der Waals surface area contributed by atoms with Gasteiger partial charge in [0, 0.05) is 24.8 Å². The molecule has 1 aliphatic rings. The Balaban J connectivity index is 1.37. The highest BCUT2D eigenvalue weighted by atomic mass is 16.5. The lowest BCUT2D eigenvalue weighted by atomic mass is 9.87. The molecule has 4 aromatic rings. The summed E-state index contributed by atoms with van der Waals surface area (Å²) in [4.78, 5) is 15.6. The predicted molar refractivity (Wildman–Crippen MR) is 140 cm³/mol. The number of carbonyl (C=O) groups is 1. The zero-order valence-electron chi connectivity index (χ0n) is 20.5. The number of likely N-dealkylation sites (tertiary alicyclic amines) is 1. The summed E-state index contributed by atoms with van der Waals surface area (Å²) in [5, 5.41) is 15.7. The van der Waals surface area contributed by atoms with Crippen molar-refractivity contribution in [2.75, 3.05) is 20.2 Å². The topological polar surface area (TPSA) is 67.6 Å². The summed E-state index contributed by atoms with van der Waals surface area (Å²) >= 11 is 0. The average molecular weight is 482 g/mol. The third kappa shape index (κ3) is 5.19. The van der Waals surface area contributed by atoms with E-state index in [9.17, 15) is 9.90 Å². The molecule has 0 radical (unpaired) electrons. The molecule has 1 aromatic heterocycles. The number of methoxy groups -OCH3 is 1. The Bertz CT molecular complexity index is 1300. The van der Waals surface area contributed by atoms with E-state index in [0.717, 1.165) is 35.3 Å². The van der Waals surface area contributed by atoms with E-state index in [1.54, 1.807) is 7.11 Å². The number of carbonyl (C=O) groups excluding carboxylic acids is 1. The van der Waals surface area contributed by atoms with Gasteiger partial charge in [0.1, 0.15) is 11.4 Å². The highest BCUT2D eigenvalue weighted by molar-refractivity contribution is 6.00. The molecule has 1 saturated heterocycles. The van der Waals surface area contributed by atoms with Crippen molar-refractivity contribution in [2.24, 2.45) is 5.92 Å². The molecule has 1 fully saturated rings. The zero-order valence-corrected chi connectivity index (χ0v) is 20.5. The minimum absolute atomic E-state index is 0.0280. The van der Waals surface area contributed by atoms with E-state index < -0.39 is 6.10 Å². The number of piperidine rings is 1. The molecule has 1 N–H and O–H groups in total. The molecule has 1 aliphatic heterocycles. The van der Waals surface area contributed by atoms with Crippen LogP contribution in [0, 0.1) is 5.92 Å². The second-order valence-corrected chi connectivity index (χ2v) is 9.29. The van der Waals surface area contributed by atoms with E-state index in [1.165, 1.54) is 0 Å². The van der Waals surface area contributed by atoms with Gasteiger partial charge in [-0.05, 0) is 42.0 Å². The van der Waals surface area contributed by atoms with Crippen LogP contribution in [0.4, 0.5) is 0 Å². The summed E-state index contributed by atoms with van der Waals surface area (Å²) in [7, 11) is 1.63. The zero-order chi connectivity index (χ0) is 24.9. The second kappa shape index (κ2) is 10.8. The largest absolute Gasteiger partial charge is 0.497 e. The number of rotatable bonds is 7. The average Bonchev–Trinajstić information content (AvgIpc) is 3.37. The fourth-order valence-electron chi connectivity index (χ4n) is 4.92. The van der Waals surface area contributed by atoms with Gasteiger partial charge in [-0.15, -0.1) is 0 Å². The lowest BCUT2D eigenvalue weighted by Gasteiger charge is -2.34. The minimum atomic E-state index is -0.510. The van der Waals surface area contributed by atoms with Crippen LogP contribution in [0.5, 0.6) is 5.75 Å². The lowest BCUT2D eigenvalue weighted by molar-refractivity contribution is 0.0463. The number of aliphatic hydroxyl groups excluding tert-OH is 1. The summed E-state index contributed by atoms with van der Waals surface area (Å²) in [6.07, 6.45) is 2.86. The van der Waals surface area contributed by atoms with Gasteiger partial charge in [-0.25, -0.2) is 0 Å². The third-order valence-electron chi connectivity index (χ3n) is 6.94. The summed E-state index contributed by atoms with van der Waals surface area (Å²) in [5.74, 6) is 0.828. The Labute approximate surface area is 211 Å². The van der Waals surface area contributed by atoms with E-state index in [2.05, 4.69) is 12.1 Å². The highest BCUT2D eigenvalue weighted by Crippen LogP contribution is 2.32. The summed E-state index contributed by atoms with van der Waals surface area (Å²) in [6, 6.07) is 27.5. The van der Waals surface area contributed by atoms with Crippen LogP contribution in [-0.4, -0.2) is 45.9 Å². The van der Waals surface area contributed by atoms with E-state index >= 15 is 0 Å². The number of amides is 1. The maximum atomic E-state index is 13.7. The van der Waals surface area contributed by atoms with Crippen molar-refractivity contribution in [3.63, 3.8) is 0 Å². The number of hydrogen-bond donors (Lipinski definition) is 1. The first-order chi connectivity index (χ1) is 17.6. The normalized spacial score (nSPS) is 15.0. The molecule has 6 heteroatoms. The van der Waals surface area contributed by atoms with Crippen LogP contribution in [0.25, 0.3) is 11.3 Å². The number of nitrogens with zero attached hydrogens (tertiary/aromatic N) is 3. The van der Waals surface area contributed by atoms with Crippen LogP contribution < -0.4 is 4.74 Å². The number of benzene rings is 3. The van der Waals surface area contributed by atoms with Crippen LogP contribution in [0.2, 0.25) is 0 Å². The highest BCUT2D eigenvalue weighted by Gasteiger charge is 2.30. The number of hydrogen-bond acceptors (Lipinski definition) is 4. The predicted octanol–water partition coefficient (Wildman–Crippen LogP) is 5.19. The molecule has 0 unspecified atom stereocenters. The molecule has 3 aromatic carbocycles. The maximum absolute atomic E-state index is 13.7. The van der Waals surface area contributed by atoms with Gasteiger partial charge in [0.05, 0.1) is 25.3 Å². The SMILES string of the molecule is COc1cccc(-c2nn(Cc3ccccc3)cc2C(=O)N2CCC([C@H](O)c3ccccc3)CC2)c1. The minimum Gasteiger partial charge on any atom is -0.497 e. The molecular formula is C30H31N3O3. The van der Waals surface area contributed by atoms with Crippen molar-refractivity contribution < 1.29 is 14.6 Å². The van der Waals surface area contributed by atoms with Gasteiger partial charge in [0.2, 0.25) is 0 Å². The summed E-state index contributed by atoms with van der Waals surface area (Å²) in [6.45, 7) is 1.79.